The number of hydrogen-bond donors (Lipinski definition) is 1. The summed E-state index contributed by atoms with van der Waals surface area (Å²) in [5, 5.41) is 2.36. The van der Waals surface area contributed by atoms with Crippen LogP contribution in [0.15, 0.2) is 0 Å². The highest BCUT2D eigenvalue weighted by Crippen LogP contribution is 2.33. The molecule has 0 bridgehead atoms. The third kappa shape index (κ3) is 3.11. The maximum absolute atomic E-state index is 12.8. The van der Waals surface area contributed by atoms with Crippen LogP contribution in [0.25, 0.3) is 0 Å². The molecule has 0 saturated carbocycles. The van der Waals surface area contributed by atoms with Crippen molar-refractivity contribution >= 4 is 17.8 Å². The van der Waals surface area contributed by atoms with Gasteiger partial charge in [0.25, 0.3) is 0 Å². The first kappa shape index (κ1) is 17.7. The van der Waals surface area contributed by atoms with Crippen LogP contribution in [0.1, 0.15) is 54.4 Å². The molecule has 0 atom stereocenters. The van der Waals surface area contributed by atoms with Crippen molar-refractivity contribution in [1.82, 2.24) is 10.2 Å². The van der Waals surface area contributed by atoms with Gasteiger partial charge in [-0.1, -0.05) is 41.5 Å². The minimum absolute atomic E-state index is 0.222. The fourth-order valence-electron chi connectivity index (χ4n) is 3.17. The molecule has 0 spiro atoms. The number of amides is 4. The van der Waals surface area contributed by atoms with Crippen molar-refractivity contribution < 1.29 is 14.4 Å². The number of hydrogen-bond acceptors (Lipinski definition) is 3. The molecule has 5 heteroatoms. The molecule has 1 heterocycles. The van der Waals surface area contributed by atoms with Crippen molar-refractivity contribution in [3.05, 3.63) is 0 Å². The van der Waals surface area contributed by atoms with Crippen molar-refractivity contribution in [3.8, 4) is 0 Å². The van der Waals surface area contributed by atoms with E-state index in [1.165, 1.54) is 4.90 Å². The van der Waals surface area contributed by atoms with Gasteiger partial charge in [-0.05, 0) is 30.6 Å². The lowest BCUT2D eigenvalue weighted by atomic mass is 9.77. The van der Waals surface area contributed by atoms with Gasteiger partial charge in [0.05, 0.1) is 0 Å². The molecule has 0 aliphatic carbocycles. The molecule has 0 aromatic carbocycles. The van der Waals surface area contributed by atoms with E-state index in [0.29, 0.717) is 31.2 Å². The van der Waals surface area contributed by atoms with E-state index < -0.39 is 17.4 Å². The Morgan fingerprint density at radius 1 is 1.00 bits per heavy atom. The molecule has 120 valence electrons. The average molecular weight is 296 g/mol. The Hall–Kier alpha value is -1.39. The summed E-state index contributed by atoms with van der Waals surface area (Å²) in [5.41, 5.74) is -1.09. The Balaban J connectivity index is 3.08. The van der Waals surface area contributed by atoms with E-state index in [2.05, 4.69) is 33.0 Å². The van der Waals surface area contributed by atoms with Gasteiger partial charge in [0.1, 0.15) is 5.41 Å². The van der Waals surface area contributed by atoms with Crippen LogP contribution >= 0.6 is 0 Å². The normalized spacial score (nSPS) is 18.9. The monoisotopic (exact) mass is 296 g/mol. The summed E-state index contributed by atoms with van der Waals surface area (Å²) in [6.45, 7) is 12.4. The largest absolute Gasteiger partial charge is 0.330 e. The third-order valence-corrected chi connectivity index (χ3v) is 4.87. The van der Waals surface area contributed by atoms with Gasteiger partial charge in [0, 0.05) is 6.54 Å². The smallest absolute Gasteiger partial charge is 0.277 e. The maximum Gasteiger partial charge on any atom is 0.330 e. The summed E-state index contributed by atoms with van der Waals surface area (Å²) in [7, 11) is 0. The lowest BCUT2D eigenvalue weighted by Crippen LogP contribution is -2.64. The highest BCUT2D eigenvalue weighted by Gasteiger charge is 2.51. The number of rotatable bonds is 6. The van der Waals surface area contributed by atoms with Gasteiger partial charge >= 0.3 is 6.03 Å². The highest BCUT2D eigenvalue weighted by atomic mass is 16.2. The Bertz CT molecular complexity index is 417. The van der Waals surface area contributed by atoms with E-state index in [-0.39, 0.29) is 11.8 Å². The van der Waals surface area contributed by atoms with E-state index in [4.69, 9.17) is 0 Å². The Kier molecular flexibility index (Phi) is 5.54. The van der Waals surface area contributed by atoms with E-state index >= 15 is 0 Å². The molecule has 1 aliphatic heterocycles. The summed E-state index contributed by atoms with van der Waals surface area (Å²) in [6.07, 6.45) is 0.817. The maximum atomic E-state index is 12.8. The number of carbonyl (C=O) groups excluding carboxylic acids is 3. The number of barbiturate groups is 1. The number of carbonyl (C=O) groups is 3. The van der Waals surface area contributed by atoms with Crippen LogP contribution in [0.4, 0.5) is 4.79 Å². The Labute approximate surface area is 127 Å². The van der Waals surface area contributed by atoms with Gasteiger partial charge in [0.15, 0.2) is 0 Å². The third-order valence-electron chi connectivity index (χ3n) is 4.87. The molecule has 21 heavy (non-hydrogen) atoms. The predicted molar refractivity (Wildman–Crippen MR) is 81.4 cm³/mol. The molecule has 0 radical (unpaired) electrons. The lowest BCUT2D eigenvalue weighted by Gasteiger charge is -2.40. The van der Waals surface area contributed by atoms with Crippen LogP contribution in [-0.4, -0.2) is 29.3 Å². The van der Waals surface area contributed by atoms with E-state index in [9.17, 15) is 14.4 Å². The summed E-state index contributed by atoms with van der Waals surface area (Å²) in [4.78, 5) is 38.2. The predicted octanol–water partition coefficient (Wildman–Crippen LogP) is 2.80. The zero-order valence-corrected chi connectivity index (χ0v) is 14.0. The quantitative estimate of drug-likeness (QED) is 0.766. The first-order valence-corrected chi connectivity index (χ1v) is 7.88. The number of nitrogens with one attached hydrogen (secondary N) is 1. The molecule has 0 aromatic heterocycles. The summed E-state index contributed by atoms with van der Waals surface area (Å²) < 4.78 is 0. The summed E-state index contributed by atoms with van der Waals surface area (Å²) >= 11 is 0. The number of urea groups is 1. The van der Waals surface area contributed by atoms with E-state index in [1.54, 1.807) is 0 Å². The van der Waals surface area contributed by atoms with Crippen LogP contribution in [0.3, 0.4) is 0 Å². The van der Waals surface area contributed by atoms with Crippen molar-refractivity contribution in [2.75, 3.05) is 6.54 Å². The molecule has 4 amide bonds. The lowest BCUT2D eigenvalue weighted by molar-refractivity contribution is -0.152. The molecule has 1 aliphatic rings. The summed E-state index contributed by atoms with van der Waals surface area (Å²) in [6, 6.07) is -0.575. The van der Waals surface area contributed by atoms with Crippen molar-refractivity contribution in [2.45, 2.75) is 54.4 Å². The van der Waals surface area contributed by atoms with Crippen LogP contribution in [-0.2, 0) is 9.59 Å². The van der Waals surface area contributed by atoms with Crippen LogP contribution < -0.4 is 5.32 Å². The topological polar surface area (TPSA) is 66.5 Å². The molecule has 0 unspecified atom stereocenters. The molecule has 1 rings (SSSR count). The minimum Gasteiger partial charge on any atom is -0.277 e. The summed E-state index contributed by atoms with van der Waals surface area (Å²) in [5.74, 6) is 0.151. The van der Waals surface area contributed by atoms with Crippen molar-refractivity contribution in [3.63, 3.8) is 0 Å². The molecule has 0 aromatic rings. The molecular weight excluding hydrogens is 268 g/mol. The second-order valence-corrected chi connectivity index (χ2v) is 6.62. The van der Waals surface area contributed by atoms with E-state index in [1.807, 2.05) is 13.8 Å². The van der Waals surface area contributed by atoms with Crippen molar-refractivity contribution in [2.24, 2.45) is 23.2 Å². The second-order valence-electron chi connectivity index (χ2n) is 6.62. The molecule has 1 saturated heterocycles. The van der Waals surface area contributed by atoms with Gasteiger partial charge in [-0.3, -0.25) is 19.8 Å². The van der Waals surface area contributed by atoms with Crippen LogP contribution in [0.2, 0.25) is 0 Å². The van der Waals surface area contributed by atoms with Gasteiger partial charge in [0.2, 0.25) is 11.8 Å². The van der Waals surface area contributed by atoms with Gasteiger partial charge < -0.3 is 0 Å². The molecule has 1 fully saturated rings. The molecule has 1 N–H and O–H groups in total. The first-order valence-electron chi connectivity index (χ1n) is 7.88. The highest BCUT2D eigenvalue weighted by molar-refractivity contribution is 6.19. The minimum atomic E-state index is -1.09. The second kappa shape index (κ2) is 6.58. The SMILES string of the molecule is CCC1(CC)C(=O)NC(=O)N(CC(C(C)C)C(C)C)C1=O. The number of imide groups is 2. The van der Waals surface area contributed by atoms with Crippen LogP contribution in [0, 0.1) is 23.2 Å². The number of nitrogens with zero attached hydrogens (tertiary/aromatic N) is 1. The standard InChI is InChI=1S/C16H28N2O3/c1-7-16(8-2)13(19)17-15(21)18(14(16)20)9-12(10(3)4)11(5)6/h10-12H,7-9H2,1-6H3,(H,17,19,21). The molecule has 5 nitrogen and oxygen atoms in total. The fraction of sp³-hybridized carbons (Fsp3) is 0.812. The van der Waals surface area contributed by atoms with Gasteiger partial charge in [-0.15, -0.1) is 0 Å². The fourth-order valence-corrected chi connectivity index (χ4v) is 3.17. The Morgan fingerprint density at radius 2 is 1.48 bits per heavy atom. The van der Waals surface area contributed by atoms with E-state index in [0.717, 1.165) is 0 Å². The Morgan fingerprint density at radius 3 is 1.86 bits per heavy atom. The zero-order chi connectivity index (χ0) is 16.4. The molecular formula is C16H28N2O3. The van der Waals surface area contributed by atoms with Gasteiger partial charge in [-0.2, -0.15) is 0 Å². The zero-order valence-electron chi connectivity index (χ0n) is 14.0. The average Bonchev–Trinajstić information content (AvgIpc) is 2.39. The first-order chi connectivity index (χ1) is 9.71. The van der Waals surface area contributed by atoms with Crippen molar-refractivity contribution in [1.29, 1.82) is 0 Å². The van der Waals surface area contributed by atoms with Gasteiger partial charge in [-0.25, -0.2) is 4.79 Å². The van der Waals surface area contributed by atoms with Crippen LogP contribution in [0.5, 0.6) is 0 Å².